The number of halogens is 3. The summed E-state index contributed by atoms with van der Waals surface area (Å²) in [5.74, 6) is -3.57. The molecule has 14 heteroatoms. The number of Topliss-reactive ketones (excluding diaryl/α,β-unsaturated/α-hetero) is 1. The Balaban J connectivity index is 1.36. The Hall–Kier alpha value is -3.59. The summed E-state index contributed by atoms with van der Waals surface area (Å²) in [5, 5.41) is 2.43. The molecule has 1 heterocycles. The monoisotopic (exact) mass is 663 g/mol. The SMILES string of the molecule is CC1C[C@H](N[C@@H](c2ccc(-c3ccc(S(C)(=O)=O)cc3)cc2)C(F)(F)F)C(=O)C1(N)C1CCN(S(=O)(=O)c2ccccc2)C1=O. The van der Waals surface area contributed by atoms with Crippen LogP contribution in [0.15, 0.2) is 88.7 Å². The van der Waals surface area contributed by atoms with Crippen LogP contribution in [0.2, 0.25) is 0 Å². The Labute approximate surface area is 259 Å². The van der Waals surface area contributed by atoms with Gasteiger partial charge >= 0.3 is 6.18 Å². The number of nitrogens with two attached hydrogens (primary N) is 1. The third-order valence-electron chi connectivity index (χ3n) is 8.78. The highest BCUT2D eigenvalue weighted by atomic mass is 32.2. The molecule has 1 amide bonds. The molecule has 45 heavy (non-hydrogen) atoms. The van der Waals surface area contributed by atoms with Gasteiger partial charge in [-0.25, -0.2) is 21.1 Å². The molecular formula is C31H32F3N3O6S2. The first-order valence-corrected chi connectivity index (χ1v) is 17.5. The molecule has 0 radical (unpaired) electrons. The van der Waals surface area contributed by atoms with Crippen molar-refractivity contribution in [1.82, 2.24) is 9.62 Å². The minimum atomic E-state index is -4.80. The fourth-order valence-electron chi connectivity index (χ4n) is 6.26. The van der Waals surface area contributed by atoms with Crippen molar-refractivity contribution in [3.05, 3.63) is 84.4 Å². The molecule has 0 aromatic heterocycles. The van der Waals surface area contributed by atoms with Crippen molar-refractivity contribution >= 4 is 31.6 Å². The second-order valence-corrected chi connectivity index (χ2v) is 15.5. The number of nitrogens with one attached hydrogen (secondary N) is 1. The van der Waals surface area contributed by atoms with Gasteiger partial charge in [0.2, 0.25) is 5.91 Å². The molecule has 3 aromatic rings. The molecule has 5 rings (SSSR count). The summed E-state index contributed by atoms with van der Waals surface area (Å²) in [7, 11) is -7.62. The third-order valence-corrected chi connectivity index (χ3v) is 11.7. The second kappa shape index (κ2) is 11.6. The Kier molecular flexibility index (Phi) is 8.49. The maximum atomic E-state index is 14.4. The summed E-state index contributed by atoms with van der Waals surface area (Å²) < 4.78 is 93.5. The van der Waals surface area contributed by atoms with Gasteiger partial charge in [0.1, 0.15) is 6.04 Å². The van der Waals surface area contributed by atoms with Gasteiger partial charge in [-0.3, -0.25) is 14.9 Å². The van der Waals surface area contributed by atoms with E-state index in [2.05, 4.69) is 5.32 Å². The number of hydrogen-bond acceptors (Lipinski definition) is 8. The van der Waals surface area contributed by atoms with Gasteiger partial charge in [0.15, 0.2) is 15.6 Å². The number of nitrogens with zero attached hydrogens (tertiary/aromatic N) is 1. The van der Waals surface area contributed by atoms with Gasteiger partial charge in [-0.15, -0.1) is 0 Å². The van der Waals surface area contributed by atoms with E-state index in [9.17, 15) is 39.6 Å². The van der Waals surface area contributed by atoms with Gasteiger partial charge in [0.05, 0.1) is 27.3 Å². The molecule has 2 aliphatic rings. The highest BCUT2D eigenvalue weighted by Gasteiger charge is 2.61. The molecule has 5 atom stereocenters. The normalized spacial score (nSPS) is 25.1. The fraction of sp³-hybridized carbons (Fsp3) is 0.355. The predicted octanol–water partition coefficient (Wildman–Crippen LogP) is 3.86. The number of rotatable bonds is 8. The van der Waals surface area contributed by atoms with Gasteiger partial charge in [0, 0.05) is 12.8 Å². The van der Waals surface area contributed by atoms with E-state index in [1.54, 1.807) is 25.1 Å². The second-order valence-electron chi connectivity index (χ2n) is 11.6. The molecule has 0 spiro atoms. The zero-order chi connectivity index (χ0) is 32.9. The average molecular weight is 664 g/mol. The summed E-state index contributed by atoms with van der Waals surface area (Å²) in [6, 6.07) is 15.2. The average Bonchev–Trinajstić information content (AvgIpc) is 3.49. The van der Waals surface area contributed by atoms with Crippen molar-refractivity contribution in [1.29, 1.82) is 0 Å². The van der Waals surface area contributed by atoms with Crippen LogP contribution in [0.25, 0.3) is 11.1 Å². The van der Waals surface area contributed by atoms with Crippen LogP contribution < -0.4 is 11.1 Å². The van der Waals surface area contributed by atoms with E-state index in [4.69, 9.17) is 5.73 Å². The van der Waals surface area contributed by atoms with Crippen molar-refractivity contribution in [3.63, 3.8) is 0 Å². The zero-order valence-electron chi connectivity index (χ0n) is 24.4. The van der Waals surface area contributed by atoms with Crippen LogP contribution in [0.1, 0.15) is 31.4 Å². The molecule has 240 valence electrons. The van der Waals surface area contributed by atoms with Gasteiger partial charge in [-0.05, 0) is 59.7 Å². The number of sulfonamides is 1. The summed E-state index contributed by atoms with van der Waals surface area (Å²) in [6.07, 6.45) is -3.85. The highest BCUT2D eigenvalue weighted by Crippen LogP contribution is 2.44. The molecule has 1 aliphatic carbocycles. The molecule has 9 nitrogen and oxygen atoms in total. The summed E-state index contributed by atoms with van der Waals surface area (Å²) in [5.41, 5.74) is 5.70. The number of amides is 1. The van der Waals surface area contributed by atoms with Crippen LogP contribution in [0.5, 0.6) is 0 Å². The summed E-state index contributed by atoms with van der Waals surface area (Å²) >= 11 is 0. The van der Waals surface area contributed by atoms with Crippen LogP contribution in [0.3, 0.4) is 0 Å². The maximum absolute atomic E-state index is 14.4. The Bertz CT molecular complexity index is 1820. The molecule has 3 N–H and O–H groups in total. The van der Waals surface area contributed by atoms with Crippen molar-refractivity contribution in [3.8, 4) is 11.1 Å². The first-order valence-electron chi connectivity index (χ1n) is 14.1. The van der Waals surface area contributed by atoms with Crippen LogP contribution in [0, 0.1) is 11.8 Å². The van der Waals surface area contributed by atoms with Gasteiger partial charge in [-0.1, -0.05) is 61.5 Å². The Morgan fingerprint density at radius 3 is 1.98 bits per heavy atom. The maximum Gasteiger partial charge on any atom is 0.407 e. The van der Waals surface area contributed by atoms with Crippen LogP contribution in [-0.4, -0.2) is 63.4 Å². The van der Waals surface area contributed by atoms with Gasteiger partial charge in [0.25, 0.3) is 10.0 Å². The number of carbonyl (C=O) groups excluding carboxylic acids is 2. The lowest BCUT2D eigenvalue weighted by Gasteiger charge is -2.33. The molecule has 0 bridgehead atoms. The molecule has 1 saturated heterocycles. The number of carbonyl (C=O) groups is 2. The topological polar surface area (TPSA) is 144 Å². The smallest absolute Gasteiger partial charge is 0.318 e. The van der Waals surface area contributed by atoms with E-state index in [0.29, 0.717) is 15.4 Å². The largest absolute Gasteiger partial charge is 0.407 e. The zero-order valence-corrected chi connectivity index (χ0v) is 26.0. The quantitative estimate of drug-likeness (QED) is 0.370. The first-order chi connectivity index (χ1) is 21.0. The molecule has 3 aromatic carbocycles. The van der Waals surface area contributed by atoms with E-state index in [1.807, 2.05) is 0 Å². The molecule has 3 unspecified atom stereocenters. The van der Waals surface area contributed by atoms with E-state index in [1.165, 1.54) is 60.7 Å². The number of benzene rings is 3. The predicted molar refractivity (Wildman–Crippen MR) is 160 cm³/mol. The van der Waals surface area contributed by atoms with E-state index >= 15 is 0 Å². The molecular weight excluding hydrogens is 631 g/mol. The Morgan fingerprint density at radius 2 is 1.44 bits per heavy atom. The van der Waals surface area contributed by atoms with Crippen molar-refractivity contribution in [2.45, 2.75) is 53.4 Å². The number of hydrogen-bond donors (Lipinski definition) is 2. The third kappa shape index (κ3) is 6.03. The van der Waals surface area contributed by atoms with Crippen molar-refractivity contribution < 1.29 is 39.6 Å². The fourth-order valence-corrected chi connectivity index (χ4v) is 8.35. The lowest BCUT2D eigenvalue weighted by Crippen LogP contribution is -2.60. The standard InChI is InChI=1S/C31H32F3N3O6S2/c1-19-18-26(28(38)30(19,35)25-16-17-37(29(25)39)45(42,43)24-6-4-3-5-7-24)36-27(31(32,33)34)22-10-8-20(9-11-22)21-12-14-23(15-13-21)44(2,40)41/h3-15,19,25-27,36H,16-18,35H2,1-2H3/t19?,25?,26-,27-,30?/m0/s1. The lowest BCUT2D eigenvalue weighted by molar-refractivity contribution is -0.160. The highest BCUT2D eigenvalue weighted by molar-refractivity contribution is 7.90. The summed E-state index contributed by atoms with van der Waals surface area (Å²) in [6.45, 7) is 1.37. The molecule has 1 saturated carbocycles. The van der Waals surface area contributed by atoms with Crippen molar-refractivity contribution in [2.24, 2.45) is 17.6 Å². The number of alkyl halides is 3. The minimum Gasteiger partial charge on any atom is -0.318 e. The molecule has 2 fully saturated rings. The van der Waals surface area contributed by atoms with Gasteiger partial charge in [-0.2, -0.15) is 13.2 Å². The first kappa shape index (κ1) is 32.8. The van der Waals surface area contributed by atoms with Crippen LogP contribution in [-0.2, 0) is 29.4 Å². The minimum absolute atomic E-state index is 0.0421. The van der Waals surface area contributed by atoms with E-state index < -0.39 is 67.2 Å². The van der Waals surface area contributed by atoms with Crippen molar-refractivity contribution in [2.75, 3.05) is 12.8 Å². The van der Waals surface area contributed by atoms with E-state index in [0.717, 1.165) is 6.26 Å². The van der Waals surface area contributed by atoms with Crippen LogP contribution in [0.4, 0.5) is 13.2 Å². The van der Waals surface area contributed by atoms with E-state index in [-0.39, 0.29) is 34.7 Å². The summed E-state index contributed by atoms with van der Waals surface area (Å²) in [4.78, 5) is 27.1. The number of sulfone groups is 1. The van der Waals surface area contributed by atoms with Crippen LogP contribution >= 0.6 is 0 Å². The van der Waals surface area contributed by atoms with Gasteiger partial charge < -0.3 is 5.73 Å². The Morgan fingerprint density at radius 1 is 0.889 bits per heavy atom. The lowest BCUT2D eigenvalue weighted by atomic mass is 9.76. The molecule has 1 aliphatic heterocycles. The number of ketones is 1.